The van der Waals surface area contributed by atoms with Crippen molar-refractivity contribution in [3.8, 4) is 5.88 Å². The molecular formula is C9H11N5OS. The third-order valence-electron chi connectivity index (χ3n) is 1.82. The van der Waals surface area contributed by atoms with Crippen LogP contribution in [0.4, 0.5) is 5.82 Å². The normalized spacial score (nSPS) is 14.4. The van der Waals surface area contributed by atoms with Gasteiger partial charge in [0.05, 0.1) is 5.88 Å². The van der Waals surface area contributed by atoms with E-state index in [-0.39, 0.29) is 11.7 Å². The van der Waals surface area contributed by atoms with Crippen molar-refractivity contribution in [3.63, 3.8) is 0 Å². The van der Waals surface area contributed by atoms with Gasteiger partial charge in [-0.3, -0.25) is 4.99 Å². The highest BCUT2D eigenvalue weighted by Gasteiger charge is 2.05. The molecule has 0 fully saturated rings. The highest BCUT2D eigenvalue weighted by atomic mass is 32.2. The lowest BCUT2D eigenvalue weighted by Crippen LogP contribution is -2.18. The Morgan fingerprint density at radius 2 is 2.38 bits per heavy atom. The molecule has 0 saturated heterocycles. The summed E-state index contributed by atoms with van der Waals surface area (Å²) in [6.07, 6.45) is 5.55. The Labute approximate surface area is 96.9 Å². The van der Waals surface area contributed by atoms with E-state index in [4.69, 9.17) is 5.73 Å². The van der Waals surface area contributed by atoms with E-state index >= 15 is 0 Å². The molecule has 0 amide bonds. The average Bonchev–Trinajstić information content (AvgIpc) is 2.27. The van der Waals surface area contributed by atoms with Gasteiger partial charge in [-0.25, -0.2) is 4.98 Å². The lowest BCUT2D eigenvalue weighted by Gasteiger charge is -2.18. The quantitative estimate of drug-likeness (QED) is 0.593. The van der Waals surface area contributed by atoms with Crippen LogP contribution in [0.15, 0.2) is 28.5 Å². The summed E-state index contributed by atoms with van der Waals surface area (Å²) in [6, 6.07) is 1.31. The highest BCUT2D eigenvalue weighted by Crippen LogP contribution is 2.19. The van der Waals surface area contributed by atoms with Crippen molar-refractivity contribution in [1.82, 2.24) is 14.9 Å². The van der Waals surface area contributed by atoms with Crippen molar-refractivity contribution >= 4 is 23.8 Å². The van der Waals surface area contributed by atoms with Gasteiger partial charge in [-0.2, -0.15) is 4.98 Å². The van der Waals surface area contributed by atoms with E-state index in [1.807, 2.05) is 17.2 Å². The zero-order valence-electron chi connectivity index (χ0n) is 8.45. The second-order valence-corrected chi connectivity index (χ2v) is 4.02. The topological polar surface area (TPSA) is 87.6 Å². The Kier molecular flexibility index (Phi) is 3.25. The van der Waals surface area contributed by atoms with Crippen LogP contribution in [-0.4, -0.2) is 38.7 Å². The van der Waals surface area contributed by atoms with Crippen LogP contribution >= 0.6 is 11.8 Å². The van der Waals surface area contributed by atoms with Crippen LogP contribution < -0.4 is 5.73 Å². The third kappa shape index (κ3) is 2.86. The number of aromatic nitrogens is 2. The maximum atomic E-state index is 9.24. The molecule has 0 radical (unpaired) electrons. The summed E-state index contributed by atoms with van der Waals surface area (Å²) in [7, 11) is 0. The number of nitrogen functional groups attached to an aromatic ring is 1. The number of aliphatic imine (C=N–C) groups is 1. The fourth-order valence-electron chi connectivity index (χ4n) is 1.14. The van der Waals surface area contributed by atoms with Gasteiger partial charge in [-0.1, -0.05) is 11.8 Å². The summed E-state index contributed by atoms with van der Waals surface area (Å²) >= 11 is 1.39. The molecule has 1 aromatic heterocycles. The molecule has 0 saturated carbocycles. The van der Waals surface area contributed by atoms with Crippen LogP contribution in [0.25, 0.3) is 0 Å². The molecule has 2 rings (SSSR count). The van der Waals surface area contributed by atoms with Gasteiger partial charge in [0, 0.05) is 18.5 Å². The maximum Gasteiger partial charge on any atom is 0.216 e. The molecule has 1 aliphatic heterocycles. The first-order chi connectivity index (χ1) is 7.74. The molecule has 84 valence electrons. The van der Waals surface area contributed by atoms with Crippen LogP contribution in [0.5, 0.6) is 5.88 Å². The van der Waals surface area contributed by atoms with Gasteiger partial charge in [0.15, 0.2) is 5.16 Å². The van der Waals surface area contributed by atoms with Crippen LogP contribution in [0.2, 0.25) is 0 Å². The second kappa shape index (κ2) is 4.84. The molecule has 6 nitrogen and oxygen atoms in total. The van der Waals surface area contributed by atoms with Crippen molar-refractivity contribution in [2.45, 2.75) is 5.16 Å². The molecule has 7 heteroatoms. The van der Waals surface area contributed by atoms with Gasteiger partial charge in [-0.15, -0.1) is 0 Å². The number of hydrogen-bond acceptors (Lipinski definition) is 7. The standard InChI is InChI=1S/C9H11N5OS/c10-7-4-8(15)13-9(12-7)16-6-14-3-1-2-11-5-14/h1-4H,5-6H2,(H3,10,12,13,15). The molecule has 0 unspecified atom stereocenters. The SMILES string of the molecule is Nc1cc(O)nc(SCN2C=CC=NC2)n1. The Hall–Kier alpha value is -1.76. The minimum Gasteiger partial charge on any atom is -0.493 e. The maximum absolute atomic E-state index is 9.24. The van der Waals surface area contributed by atoms with Crippen LogP contribution in [-0.2, 0) is 0 Å². The number of hydrogen-bond donors (Lipinski definition) is 2. The summed E-state index contributed by atoms with van der Waals surface area (Å²) in [5.74, 6) is 0.820. The van der Waals surface area contributed by atoms with E-state index in [2.05, 4.69) is 15.0 Å². The number of nitrogens with zero attached hydrogens (tertiary/aromatic N) is 4. The van der Waals surface area contributed by atoms with E-state index in [0.717, 1.165) is 0 Å². The summed E-state index contributed by atoms with van der Waals surface area (Å²) < 4.78 is 0. The highest BCUT2D eigenvalue weighted by molar-refractivity contribution is 7.99. The van der Waals surface area contributed by atoms with Crippen molar-refractivity contribution in [2.75, 3.05) is 18.3 Å². The minimum atomic E-state index is -0.109. The Morgan fingerprint density at radius 1 is 1.50 bits per heavy atom. The van der Waals surface area contributed by atoms with E-state index in [0.29, 0.717) is 17.7 Å². The van der Waals surface area contributed by atoms with Gasteiger partial charge >= 0.3 is 0 Å². The lowest BCUT2D eigenvalue weighted by atomic mass is 10.6. The average molecular weight is 237 g/mol. The Morgan fingerprint density at radius 3 is 3.06 bits per heavy atom. The van der Waals surface area contributed by atoms with Crippen molar-refractivity contribution in [3.05, 3.63) is 18.3 Å². The van der Waals surface area contributed by atoms with E-state index in [1.165, 1.54) is 17.8 Å². The largest absolute Gasteiger partial charge is 0.493 e. The summed E-state index contributed by atoms with van der Waals surface area (Å²) in [5, 5.41) is 9.69. The zero-order valence-corrected chi connectivity index (χ0v) is 9.26. The first kappa shape index (κ1) is 10.7. The molecule has 0 bridgehead atoms. The smallest absolute Gasteiger partial charge is 0.216 e. The number of thioether (sulfide) groups is 1. The van der Waals surface area contributed by atoms with Gasteiger partial charge in [0.1, 0.15) is 12.5 Å². The zero-order chi connectivity index (χ0) is 11.4. The molecule has 0 spiro atoms. The fourth-order valence-corrected chi connectivity index (χ4v) is 1.92. The molecule has 0 atom stereocenters. The van der Waals surface area contributed by atoms with Gasteiger partial charge in [-0.05, 0) is 6.08 Å². The summed E-state index contributed by atoms with van der Waals surface area (Å²) in [6.45, 7) is 0.623. The Balaban J connectivity index is 1.94. The van der Waals surface area contributed by atoms with E-state index < -0.39 is 0 Å². The molecule has 1 aliphatic rings. The first-order valence-electron chi connectivity index (χ1n) is 4.61. The second-order valence-electron chi connectivity index (χ2n) is 3.11. The van der Waals surface area contributed by atoms with Crippen molar-refractivity contribution in [2.24, 2.45) is 4.99 Å². The predicted molar refractivity (Wildman–Crippen MR) is 63.2 cm³/mol. The van der Waals surface area contributed by atoms with Crippen molar-refractivity contribution < 1.29 is 5.11 Å². The van der Waals surface area contributed by atoms with Crippen LogP contribution in [0.1, 0.15) is 0 Å². The van der Waals surface area contributed by atoms with Gasteiger partial charge in [0.2, 0.25) is 5.88 Å². The van der Waals surface area contributed by atoms with Gasteiger partial charge in [0.25, 0.3) is 0 Å². The van der Waals surface area contributed by atoms with Crippen LogP contribution in [0, 0.1) is 0 Å². The number of nitrogens with two attached hydrogens (primary N) is 1. The summed E-state index contributed by atoms with van der Waals surface area (Å²) in [5.41, 5.74) is 5.49. The van der Waals surface area contributed by atoms with E-state index in [1.54, 1.807) is 6.21 Å². The molecule has 16 heavy (non-hydrogen) atoms. The third-order valence-corrected chi connectivity index (χ3v) is 2.72. The molecule has 2 heterocycles. The monoisotopic (exact) mass is 237 g/mol. The lowest BCUT2D eigenvalue weighted by molar-refractivity contribution is 0.443. The molecule has 0 aromatic carbocycles. The van der Waals surface area contributed by atoms with Crippen molar-refractivity contribution in [1.29, 1.82) is 0 Å². The van der Waals surface area contributed by atoms with Gasteiger partial charge < -0.3 is 15.7 Å². The molecule has 0 aliphatic carbocycles. The number of anilines is 1. The summed E-state index contributed by atoms with van der Waals surface area (Å²) in [4.78, 5) is 13.9. The number of aromatic hydroxyl groups is 1. The molecule has 3 N–H and O–H groups in total. The minimum absolute atomic E-state index is 0.109. The van der Waals surface area contributed by atoms with E-state index in [9.17, 15) is 5.11 Å². The Bertz CT molecular complexity index is 414. The number of allylic oxidation sites excluding steroid dienone is 1. The molecule has 1 aromatic rings. The predicted octanol–water partition coefficient (Wildman–Crippen LogP) is 0.672. The molecular weight excluding hydrogens is 226 g/mol. The fraction of sp³-hybridized carbons (Fsp3) is 0.222. The first-order valence-corrected chi connectivity index (χ1v) is 5.59. The number of rotatable bonds is 3. The van der Waals surface area contributed by atoms with Crippen LogP contribution in [0.3, 0.4) is 0 Å².